The third-order valence-electron chi connectivity index (χ3n) is 2.73. The molecule has 0 aromatic rings. The summed E-state index contributed by atoms with van der Waals surface area (Å²) in [4.78, 5) is 0. The van der Waals surface area contributed by atoms with Crippen molar-refractivity contribution >= 4 is 10.4 Å². The summed E-state index contributed by atoms with van der Waals surface area (Å²) in [6.07, 6.45) is 11.9. The fourth-order valence-electron chi connectivity index (χ4n) is 1.75. The van der Waals surface area contributed by atoms with Crippen LogP contribution in [-0.4, -0.2) is 25.1 Å². The van der Waals surface area contributed by atoms with Crippen molar-refractivity contribution in [3.63, 3.8) is 0 Å². The Morgan fingerprint density at radius 2 is 1.09 bits per heavy atom. The largest absolute Gasteiger partial charge is 1.00 e. The van der Waals surface area contributed by atoms with Gasteiger partial charge in [-0.1, -0.05) is 64.7 Å². The van der Waals surface area contributed by atoms with Crippen LogP contribution in [0.5, 0.6) is 0 Å². The molecule has 0 aliphatic carbocycles. The quantitative estimate of drug-likeness (QED) is 0.192. The Hall–Kier alpha value is 3.79. The third kappa shape index (κ3) is 46.1. The third-order valence-corrected chi connectivity index (χ3v) is 3.19. The summed E-state index contributed by atoms with van der Waals surface area (Å²) in [6.45, 7) is 2.31. The first-order valence-electron chi connectivity index (χ1n) is 6.68. The van der Waals surface area contributed by atoms with E-state index in [0.717, 1.165) is 12.8 Å². The predicted octanol–water partition coefficient (Wildman–Crippen LogP) is -8.47. The molecule has 0 atom stereocenters. The molecule has 0 bridgehead atoms. The van der Waals surface area contributed by atoms with E-state index in [1.165, 1.54) is 44.9 Å². The molecule has 11 heteroatoms. The van der Waals surface area contributed by atoms with E-state index in [2.05, 4.69) is 11.1 Å². The average molecular weight is 397 g/mol. The molecule has 0 aliphatic rings. The van der Waals surface area contributed by atoms with Gasteiger partial charge in [0.2, 0.25) is 0 Å². The van der Waals surface area contributed by atoms with Crippen molar-refractivity contribution in [1.29, 1.82) is 0 Å². The molecule has 0 heterocycles. The molecule has 128 valence electrons. The second-order valence-electron chi connectivity index (χ2n) is 4.43. The monoisotopic (exact) mass is 397 g/mol. The second kappa shape index (κ2) is 33.4. The topological polar surface area (TPSA) is 130 Å². The number of hydrogen-bond donors (Lipinski definition) is 2. The van der Waals surface area contributed by atoms with Gasteiger partial charge in [-0.3, -0.25) is 4.55 Å². The van der Waals surface area contributed by atoms with Crippen molar-refractivity contribution in [3.05, 3.63) is 0 Å². The zero-order chi connectivity index (χ0) is 13.0. The van der Waals surface area contributed by atoms with Crippen LogP contribution in [0.2, 0.25) is 0 Å². The standard InChI is InChI=1S/C12H26O4S.H3N.4Na.H2O.4H/c1-2-3-4-5-6-7-8-9-10-11-12-16-17(13,14)15;;;;;;;;;;/h2-12H2,1H3,(H,13,14,15);1H3;;;;;1H2;;;;/q;;4*+1;;4*-1. The Morgan fingerprint density at radius 3 is 1.39 bits per heavy atom. The van der Waals surface area contributed by atoms with Crippen LogP contribution in [0.1, 0.15) is 76.8 Å². The van der Waals surface area contributed by atoms with Crippen molar-refractivity contribution in [1.82, 2.24) is 6.15 Å². The molecule has 0 saturated heterocycles. The Kier molecular flexibility index (Phi) is 66.0. The number of unbranched alkanes of at least 4 members (excludes halogenated alkanes) is 9. The maximum atomic E-state index is 10.2. The van der Waals surface area contributed by atoms with Gasteiger partial charge in [0.15, 0.2) is 0 Å². The van der Waals surface area contributed by atoms with Crippen molar-refractivity contribution in [2.24, 2.45) is 0 Å². The van der Waals surface area contributed by atoms with Crippen molar-refractivity contribution in [2.45, 2.75) is 71.1 Å². The van der Waals surface area contributed by atoms with Crippen molar-refractivity contribution < 1.29 is 147 Å². The first kappa shape index (κ1) is 45.5. The molecule has 23 heavy (non-hydrogen) atoms. The zero-order valence-electron chi connectivity index (χ0n) is 20.1. The van der Waals surface area contributed by atoms with Crippen LogP contribution in [0.4, 0.5) is 0 Å². The molecule has 0 fully saturated rings. The molecular formula is C12H35NNa4O5S. The SMILES string of the molecule is CCCCCCCCCCCCOS(=O)(=O)O.N.O.[H-].[H-].[H-].[H-].[Na+].[Na+].[Na+].[Na+]. The van der Waals surface area contributed by atoms with Gasteiger partial charge in [-0.2, -0.15) is 8.42 Å². The van der Waals surface area contributed by atoms with Crippen LogP contribution in [-0.2, 0) is 14.6 Å². The maximum Gasteiger partial charge on any atom is 1.00 e. The minimum Gasteiger partial charge on any atom is -1.00 e. The van der Waals surface area contributed by atoms with E-state index < -0.39 is 10.4 Å². The Labute approximate surface area is 237 Å². The van der Waals surface area contributed by atoms with Gasteiger partial charge in [-0.15, -0.1) is 0 Å². The number of hydrogen-bond acceptors (Lipinski definition) is 4. The van der Waals surface area contributed by atoms with E-state index in [1.54, 1.807) is 0 Å². The van der Waals surface area contributed by atoms with Gasteiger partial charge in [0.05, 0.1) is 6.61 Å². The molecule has 0 amide bonds. The van der Waals surface area contributed by atoms with E-state index >= 15 is 0 Å². The Balaban J connectivity index is -0.0000000284. The fraction of sp³-hybridized carbons (Fsp3) is 1.00. The minimum absolute atomic E-state index is 0. The second-order valence-corrected chi connectivity index (χ2v) is 5.52. The van der Waals surface area contributed by atoms with Crippen LogP contribution in [0, 0.1) is 0 Å². The smallest absolute Gasteiger partial charge is 1.00 e. The summed E-state index contributed by atoms with van der Waals surface area (Å²) in [5, 5.41) is 0. The summed E-state index contributed by atoms with van der Waals surface area (Å²) in [5.74, 6) is 0. The van der Waals surface area contributed by atoms with E-state index in [9.17, 15) is 8.42 Å². The van der Waals surface area contributed by atoms with Gasteiger partial charge < -0.3 is 17.3 Å². The van der Waals surface area contributed by atoms with Crippen molar-refractivity contribution in [3.8, 4) is 0 Å². The van der Waals surface area contributed by atoms with Gasteiger partial charge in [-0.05, 0) is 6.42 Å². The van der Waals surface area contributed by atoms with Gasteiger partial charge in [0.25, 0.3) is 0 Å². The summed E-state index contributed by atoms with van der Waals surface area (Å²) in [6, 6.07) is 0. The molecule has 0 spiro atoms. The van der Waals surface area contributed by atoms with Crippen LogP contribution in [0.15, 0.2) is 0 Å². The molecule has 0 rings (SSSR count). The van der Waals surface area contributed by atoms with Crippen LogP contribution >= 0.6 is 0 Å². The van der Waals surface area contributed by atoms with Gasteiger partial charge in [0.1, 0.15) is 0 Å². The summed E-state index contributed by atoms with van der Waals surface area (Å²) < 4.78 is 33.0. The van der Waals surface area contributed by atoms with Gasteiger partial charge >= 0.3 is 129 Å². The molecule has 0 aromatic heterocycles. The van der Waals surface area contributed by atoms with E-state index in [0.29, 0.717) is 6.42 Å². The predicted molar refractivity (Wildman–Crippen MR) is 82.4 cm³/mol. The Morgan fingerprint density at radius 1 is 0.783 bits per heavy atom. The first-order valence-corrected chi connectivity index (χ1v) is 8.04. The summed E-state index contributed by atoms with van der Waals surface area (Å²) in [7, 11) is -4.23. The zero-order valence-corrected chi connectivity index (χ0v) is 24.9. The van der Waals surface area contributed by atoms with E-state index in [4.69, 9.17) is 4.55 Å². The molecule has 6 N–H and O–H groups in total. The Bertz CT molecular complexity index is 289. The average Bonchev–Trinajstić information content (AvgIpc) is 2.24. The molecule has 0 radical (unpaired) electrons. The van der Waals surface area contributed by atoms with E-state index in [1.807, 2.05) is 0 Å². The number of rotatable bonds is 12. The molecule has 6 nitrogen and oxygen atoms in total. The first-order chi connectivity index (χ1) is 8.06. The van der Waals surface area contributed by atoms with Crippen LogP contribution in [0.25, 0.3) is 0 Å². The summed E-state index contributed by atoms with van der Waals surface area (Å²) in [5.41, 5.74) is 0. The molecular weight excluding hydrogens is 362 g/mol. The van der Waals surface area contributed by atoms with Crippen LogP contribution < -0.4 is 124 Å². The minimum atomic E-state index is -4.23. The molecule has 0 unspecified atom stereocenters. The molecule has 0 aliphatic heterocycles. The van der Waals surface area contributed by atoms with E-state index in [-0.39, 0.29) is 142 Å². The van der Waals surface area contributed by atoms with Gasteiger partial charge in [0, 0.05) is 0 Å². The maximum absolute atomic E-state index is 10.2. The van der Waals surface area contributed by atoms with Crippen molar-refractivity contribution in [2.75, 3.05) is 6.61 Å². The van der Waals surface area contributed by atoms with Crippen LogP contribution in [0.3, 0.4) is 0 Å². The molecule has 0 aromatic carbocycles. The molecule has 0 saturated carbocycles. The fourth-order valence-corrected chi connectivity index (χ4v) is 2.08. The normalized spacial score (nSPS) is 8.78. The van der Waals surface area contributed by atoms with Gasteiger partial charge in [-0.25, -0.2) is 4.18 Å². The summed E-state index contributed by atoms with van der Waals surface area (Å²) >= 11 is 0.